The highest BCUT2D eigenvalue weighted by Crippen LogP contribution is 2.32. The molecule has 0 fully saturated rings. The number of amides is 2. The molecule has 2 amide bonds. The number of nitrogens with two attached hydrogens (primary N) is 1. The maximum absolute atomic E-state index is 14.8. The standard InChI is InChI=1S/C23H18F2N4O3/c1-12-2-4-14(24)11-17(12)29-23(31)20(21(26)30)13-3-5-19(16(25)10-13)32-18-7-9-28-22-15(18)6-8-27-22/h2-11,20H,1H3,(H2,26,30)(H,27,28)(H,29,31). The monoisotopic (exact) mass is 436 g/mol. The molecule has 32 heavy (non-hydrogen) atoms. The number of carbonyl (C=O) groups excluding carboxylic acids is 2. The maximum atomic E-state index is 14.8. The molecule has 162 valence electrons. The smallest absolute Gasteiger partial charge is 0.241 e. The van der Waals surface area contributed by atoms with Gasteiger partial charge in [0.05, 0.1) is 5.39 Å². The summed E-state index contributed by atoms with van der Waals surface area (Å²) < 4.78 is 34.0. The molecule has 0 aliphatic heterocycles. The van der Waals surface area contributed by atoms with Crippen LogP contribution in [0.1, 0.15) is 17.0 Å². The van der Waals surface area contributed by atoms with Crippen LogP contribution in [0.3, 0.4) is 0 Å². The number of anilines is 1. The molecule has 2 heterocycles. The number of aryl methyl sites for hydroxylation is 1. The first-order valence-electron chi connectivity index (χ1n) is 9.59. The topological polar surface area (TPSA) is 110 Å². The van der Waals surface area contributed by atoms with Gasteiger partial charge >= 0.3 is 0 Å². The van der Waals surface area contributed by atoms with Gasteiger partial charge < -0.3 is 20.8 Å². The van der Waals surface area contributed by atoms with E-state index in [1.54, 1.807) is 25.3 Å². The minimum atomic E-state index is -1.49. The van der Waals surface area contributed by atoms with Crippen molar-refractivity contribution in [1.82, 2.24) is 9.97 Å². The Bertz CT molecular complexity index is 1340. The number of aromatic nitrogens is 2. The van der Waals surface area contributed by atoms with Gasteiger partial charge in [-0.2, -0.15) is 0 Å². The fourth-order valence-corrected chi connectivity index (χ4v) is 3.30. The van der Waals surface area contributed by atoms with Gasteiger partial charge in [0.2, 0.25) is 11.8 Å². The van der Waals surface area contributed by atoms with E-state index in [-0.39, 0.29) is 17.0 Å². The van der Waals surface area contributed by atoms with E-state index in [9.17, 15) is 18.4 Å². The highest BCUT2D eigenvalue weighted by Gasteiger charge is 2.28. The summed E-state index contributed by atoms with van der Waals surface area (Å²) in [4.78, 5) is 31.8. The highest BCUT2D eigenvalue weighted by molar-refractivity contribution is 6.10. The molecule has 1 unspecified atom stereocenters. The quantitative estimate of drug-likeness (QED) is 0.395. The largest absolute Gasteiger partial charge is 0.453 e. The number of benzene rings is 2. The van der Waals surface area contributed by atoms with E-state index in [2.05, 4.69) is 15.3 Å². The lowest BCUT2D eigenvalue weighted by atomic mass is 9.96. The summed E-state index contributed by atoms with van der Waals surface area (Å²) in [7, 11) is 0. The molecule has 4 N–H and O–H groups in total. The summed E-state index contributed by atoms with van der Waals surface area (Å²) in [6.07, 6.45) is 3.20. The van der Waals surface area contributed by atoms with Gasteiger partial charge in [-0.25, -0.2) is 13.8 Å². The summed E-state index contributed by atoms with van der Waals surface area (Å²) in [5, 5.41) is 3.14. The zero-order valence-electron chi connectivity index (χ0n) is 16.9. The van der Waals surface area contributed by atoms with E-state index < -0.39 is 29.4 Å². The van der Waals surface area contributed by atoms with Crippen LogP contribution >= 0.6 is 0 Å². The van der Waals surface area contributed by atoms with Crippen molar-refractivity contribution in [1.29, 1.82) is 0 Å². The number of primary amides is 1. The van der Waals surface area contributed by atoms with Gasteiger partial charge in [0, 0.05) is 18.1 Å². The number of H-pyrrole nitrogens is 1. The van der Waals surface area contributed by atoms with Crippen LogP contribution in [0.25, 0.3) is 11.0 Å². The lowest BCUT2D eigenvalue weighted by Gasteiger charge is -2.16. The van der Waals surface area contributed by atoms with Gasteiger partial charge in [-0.1, -0.05) is 12.1 Å². The second kappa shape index (κ2) is 8.46. The molecule has 4 aromatic rings. The lowest BCUT2D eigenvalue weighted by molar-refractivity contribution is -0.127. The summed E-state index contributed by atoms with van der Waals surface area (Å²) in [5.74, 6) is -4.33. The van der Waals surface area contributed by atoms with E-state index >= 15 is 0 Å². The Morgan fingerprint density at radius 2 is 1.91 bits per heavy atom. The van der Waals surface area contributed by atoms with Gasteiger partial charge in [-0.05, 0) is 54.4 Å². The number of fused-ring (bicyclic) bond motifs is 1. The summed E-state index contributed by atoms with van der Waals surface area (Å²) in [5.41, 5.74) is 6.81. The number of nitrogens with one attached hydrogen (secondary N) is 2. The Morgan fingerprint density at radius 1 is 1.09 bits per heavy atom. The first-order chi connectivity index (χ1) is 15.3. The molecule has 0 aliphatic rings. The molecule has 7 nitrogen and oxygen atoms in total. The van der Waals surface area contributed by atoms with Crippen molar-refractivity contribution < 1.29 is 23.1 Å². The third-order valence-corrected chi connectivity index (χ3v) is 4.93. The van der Waals surface area contributed by atoms with Crippen LogP contribution in [0.2, 0.25) is 0 Å². The van der Waals surface area contributed by atoms with Crippen molar-refractivity contribution in [2.75, 3.05) is 5.32 Å². The molecule has 0 radical (unpaired) electrons. The van der Waals surface area contributed by atoms with E-state index in [0.717, 1.165) is 12.1 Å². The number of nitrogens with zero attached hydrogens (tertiary/aromatic N) is 1. The molecule has 2 aromatic heterocycles. The number of hydrogen-bond acceptors (Lipinski definition) is 4. The zero-order chi connectivity index (χ0) is 22.8. The third kappa shape index (κ3) is 4.13. The first-order valence-corrected chi connectivity index (χ1v) is 9.59. The zero-order valence-corrected chi connectivity index (χ0v) is 16.9. The number of pyridine rings is 1. The molecule has 0 bridgehead atoms. The summed E-state index contributed by atoms with van der Waals surface area (Å²) in [6, 6.07) is 10.9. The van der Waals surface area contributed by atoms with Crippen LogP contribution in [0.5, 0.6) is 11.5 Å². The van der Waals surface area contributed by atoms with Crippen LogP contribution in [-0.2, 0) is 9.59 Å². The Labute approximate surface area is 181 Å². The first kappa shape index (κ1) is 21.0. The SMILES string of the molecule is Cc1ccc(F)cc1NC(=O)C(C(N)=O)c1ccc(Oc2ccnc3[nH]ccc23)c(F)c1. The van der Waals surface area contributed by atoms with Gasteiger partial charge in [0.1, 0.15) is 23.1 Å². The molecule has 4 rings (SSSR count). The second-order valence-corrected chi connectivity index (χ2v) is 7.12. The molecule has 0 spiro atoms. The Hall–Kier alpha value is -4.27. The summed E-state index contributed by atoms with van der Waals surface area (Å²) >= 11 is 0. The fraction of sp³-hybridized carbons (Fsp3) is 0.0870. The number of rotatable bonds is 6. The van der Waals surface area contributed by atoms with Crippen molar-refractivity contribution in [2.24, 2.45) is 5.73 Å². The van der Waals surface area contributed by atoms with Crippen LogP contribution in [0.15, 0.2) is 60.9 Å². The molecule has 9 heteroatoms. The number of aromatic amines is 1. The van der Waals surface area contributed by atoms with Gasteiger partial charge in [-0.15, -0.1) is 0 Å². The van der Waals surface area contributed by atoms with Crippen LogP contribution in [0.4, 0.5) is 14.5 Å². The molecule has 0 saturated heterocycles. The van der Waals surface area contributed by atoms with E-state index in [0.29, 0.717) is 22.3 Å². The lowest BCUT2D eigenvalue weighted by Crippen LogP contribution is -2.32. The molecule has 0 aliphatic carbocycles. The Kier molecular flexibility index (Phi) is 5.55. The predicted octanol–water partition coefficient (Wildman–Crippen LogP) is 4.15. The molecule has 2 aromatic carbocycles. The van der Waals surface area contributed by atoms with Gasteiger partial charge in [0.15, 0.2) is 11.6 Å². The second-order valence-electron chi connectivity index (χ2n) is 7.12. The number of halogens is 2. The average molecular weight is 436 g/mol. The van der Waals surface area contributed by atoms with Crippen LogP contribution in [-0.4, -0.2) is 21.8 Å². The fourth-order valence-electron chi connectivity index (χ4n) is 3.30. The number of carbonyl (C=O) groups is 2. The number of ether oxygens (including phenoxy) is 1. The van der Waals surface area contributed by atoms with Crippen molar-refractivity contribution in [3.8, 4) is 11.5 Å². The third-order valence-electron chi connectivity index (χ3n) is 4.93. The molecule has 0 saturated carbocycles. The van der Waals surface area contributed by atoms with E-state index in [4.69, 9.17) is 10.5 Å². The Balaban J connectivity index is 1.60. The maximum Gasteiger partial charge on any atom is 0.241 e. The molecule has 1 atom stereocenters. The molecular weight excluding hydrogens is 418 g/mol. The van der Waals surface area contributed by atoms with Gasteiger partial charge in [-0.3, -0.25) is 9.59 Å². The van der Waals surface area contributed by atoms with Crippen molar-refractivity contribution >= 4 is 28.5 Å². The summed E-state index contributed by atoms with van der Waals surface area (Å²) in [6.45, 7) is 1.67. The predicted molar refractivity (Wildman–Crippen MR) is 114 cm³/mol. The number of hydrogen-bond donors (Lipinski definition) is 3. The van der Waals surface area contributed by atoms with E-state index in [1.165, 1.54) is 30.5 Å². The molecular formula is C23H18F2N4O3. The normalized spacial score (nSPS) is 11.8. The van der Waals surface area contributed by atoms with Crippen molar-refractivity contribution in [2.45, 2.75) is 12.8 Å². The minimum absolute atomic E-state index is 0.0374. The average Bonchev–Trinajstić information content (AvgIpc) is 3.22. The highest BCUT2D eigenvalue weighted by atomic mass is 19.1. The van der Waals surface area contributed by atoms with E-state index in [1.807, 2.05) is 0 Å². The van der Waals surface area contributed by atoms with Crippen LogP contribution in [0, 0.1) is 18.6 Å². The van der Waals surface area contributed by atoms with Gasteiger partial charge in [0.25, 0.3) is 0 Å². The van der Waals surface area contributed by atoms with Crippen molar-refractivity contribution in [3.05, 3.63) is 83.7 Å². The van der Waals surface area contributed by atoms with Crippen molar-refractivity contribution in [3.63, 3.8) is 0 Å². The van der Waals surface area contributed by atoms with Crippen LogP contribution < -0.4 is 15.8 Å². The minimum Gasteiger partial charge on any atom is -0.453 e. The Morgan fingerprint density at radius 3 is 2.66 bits per heavy atom.